The summed E-state index contributed by atoms with van der Waals surface area (Å²) in [6.45, 7) is 0.0362. The zero-order valence-corrected chi connectivity index (χ0v) is 18.0. The Morgan fingerprint density at radius 1 is 1.12 bits per heavy atom. The summed E-state index contributed by atoms with van der Waals surface area (Å²) < 4.78 is 42.4. The van der Waals surface area contributed by atoms with Crippen LogP contribution in [0.25, 0.3) is 27.5 Å². The third kappa shape index (κ3) is 3.38. The van der Waals surface area contributed by atoms with E-state index in [1.54, 1.807) is 22.9 Å². The summed E-state index contributed by atoms with van der Waals surface area (Å²) in [4.78, 5) is 41.6. The van der Waals surface area contributed by atoms with Gasteiger partial charge in [-0.1, -0.05) is 6.07 Å². The molecule has 0 aliphatic heterocycles. The molecule has 0 saturated carbocycles. The first-order valence-electron chi connectivity index (χ1n) is 9.37. The molecule has 0 spiro atoms. The van der Waals surface area contributed by atoms with Crippen molar-refractivity contribution in [3.05, 3.63) is 83.4 Å². The molecule has 0 bridgehead atoms. The van der Waals surface area contributed by atoms with Crippen molar-refractivity contribution in [2.75, 3.05) is 0 Å². The van der Waals surface area contributed by atoms with Crippen molar-refractivity contribution in [1.82, 2.24) is 14.1 Å². The van der Waals surface area contributed by atoms with Crippen LogP contribution >= 0.6 is 22.7 Å². The van der Waals surface area contributed by atoms with Gasteiger partial charge in [0.05, 0.1) is 34.2 Å². The van der Waals surface area contributed by atoms with E-state index in [4.69, 9.17) is 0 Å². The number of nitrogens with zero attached hydrogens (tertiary/aromatic N) is 2. The second kappa shape index (κ2) is 7.46. The van der Waals surface area contributed by atoms with Crippen LogP contribution in [0, 0.1) is 0 Å². The summed E-state index contributed by atoms with van der Waals surface area (Å²) >= 11 is 2.49. The third-order valence-corrected chi connectivity index (χ3v) is 6.83. The molecule has 0 unspecified atom stereocenters. The van der Waals surface area contributed by atoms with Crippen molar-refractivity contribution in [3.8, 4) is 5.69 Å². The molecule has 4 aromatic heterocycles. The lowest BCUT2D eigenvalue weighted by Gasteiger charge is -2.09. The molecule has 4 heterocycles. The lowest BCUT2D eigenvalue weighted by Crippen LogP contribution is -2.34. The highest BCUT2D eigenvalue weighted by Crippen LogP contribution is 2.36. The van der Waals surface area contributed by atoms with Crippen LogP contribution in [0.15, 0.2) is 56.1 Å². The molecule has 0 aliphatic rings. The van der Waals surface area contributed by atoms with Crippen molar-refractivity contribution in [1.29, 1.82) is 0 Å². The molecule has 7 nitrogen and oxygen atoms in total. The van der Waals surface area contributed by atoms with E-state index in [0.29, 0.717) is 4.57 Å². The molecule has 12 heteroatoms. The van der Waals surface area contributed by atoms with Crippen LogP contribution < -0.4 is 11.2 Å². The van der Waals surface area contributed by atoms with E-state index in [1.165, 1.54) is 21.3 Å². The Bertz CT molecular complexity index is 1660. The minimum Gasteiger partial charge on any atom is -0.477 e. The van der Waals surface area contributed by atoms with Gasteiger partial charge in [0.25, 0.3) is 5.56 Å². The van der Waals surface area contributed by atoms with Crippen molar-refractivity contribution in [2.45, 2.75) is 12.7 Å². The molecule has 0 atom stereocenters. The van der Waals surface area contributed by atoms with Gasteiger partial charge in [-0.15, -0.1) is 22.7 Å². The Kier molecular flexibility index (Phi) is 4.79. The molecule has 0 aliphatic carbocycles. The van der Waals surface area contributed by atoms with E-state index < -0.39 is 40.3 Å². The smallest absolute Gasteiger partial charge is 0.416 e. The molecular formula is C21H12F3N3O4S2. The third-order valence-electron chi connectivity index (χ3n) is 5.22. The molecule has 5 rings (SSSR count). The van der Waals surface area contributed by atoms with E-state index >= 15 is 0 Å². The van der Waals surface area contributed by atoms with E-state index in [9.17, 15) is 32.7 Å². The fraction of sp³-hybridized carbons (Fsp3) is 0.0952. The Labute approximate surface area is 189 Å². The molecule has 5 aromatic rings. The number of aromatic carboxylic acids is 1. The summed E-state index contributed by atoms with van der Waals surface area (Å²) in [5, 5.41) is 14.8. The van der Waals surface area contributed by atoms with Crippen LogP contribution in [0.3, 0.4) is 0 Å². The van der Waals surface area contributed by atoms with Gasteiger partial charge in [0.2, 0.25) is 0 Å². The standard InChI is InChI=1S/C21H12F3N3O4S2/c22-21(23,24)10-3-4-15-12(6-10)16(17(19(29)30)26(15)7-11-2-1-5-33-11)27-18(28)13-8-32-9-14(13)25-20(27)31/h1-6,8-9H,7H2,(H,25,31)(H,29,30). The first kappa shape index (κ1) is 21.2. The maximum atomic E-state index is 13.5. The predicted octanol–water partition coefficient (Wildman–Crippen LogP) is 4.52. The lowest BCUT2D eigenvalue weighted by atomic mass is 10.1. The number of aromatic amines is 1. The van der Waals surface area contributed by atoms with Gasteiger partial charge in [0.1, 0.15) is 0 Å². The number of H-pyrrole nitrogens is 1. The van der Waals surface area contributed by atoms with Gasteiger partial charge in [0, 0.05) is 21.0 Å². The highest BCUT2D eigenvalue weighted by Gasteiger charge is 2.33. The molecule has 0 fully saturated rings. The molecule has 0 saturated heterocycles. The van der Waals surface area contributed by atoms with Crippen molar-refractivity contribution >= 4 is 50.4 Å². The zero-order valence-electron chi connectivity index (χ0n) is 16.3. The largest absolute Gasteiger partial charge is 0.477 e. The number of alkyl halides is 3. The number of aromatic nitrogens is 3. The Balaban J connectivity index is 1.95. The number of fused-ring (bicyclic) bond motifs is 2. The fourth-order valence-corrected chi connectivity index (χ4v) is 5.27. The highest BCUT2D eigenvalue weighted by molar-refractivity contribution is 7.10. The van der Waals surface area contributed by atoms with Crippen LogP contribution in [0.5, 0.6) is 0 Å². The van der Waals surface area contributed by atoms with Gasteiger partial charge in [-0.3, -0.25) is 4.79 Å². The predicted molar refractivity (Wildman–Crippen MR) is 119 cm³/mol. The number of carboxylic acid groups (broad SMARTS) is 1. The van der Waals surface area contributed by atoms with Crippen molar-refractivity contribution in [3.63, 3.8) is 0 Å². The molecule has 33 heavy (non-hydrogen) atoms. The maximum absolute atomic E-state index is 13.5. The summed E-state index contributed by atoms with van der Waals surface area (Å²) in [5.74, 6) is -1.48. The van der Waals surface area contributed by atoms with Crippen LogP contribution in [-0.4, -0.2) is 25.2 Å². The van der Waals surface area contributed by atoms with Gasteiger partial charge >= 0.3 is 17.8 Å². The topological polar surface area (TPSA) is 97.1 Å². The number of halogens is 3. The Hall–Kier alpha value is -3.64. The first-order valence-corrected chi connectivity index (χ1v) is 11.2. The van der Waals surface area contributed by atoms with E-state index in [-0.39, 0.29) is 28.4 Å². The molecule has 0 amide bonds. The Morgan fingerprint density at radius 2 is 1.91 bits per heavy atom. The number of benzene rings is 1. The summed E-state index contributed by atoms with van der Waals surface area (Å²) in [6, 6.07) is 6.28. The first-order chi connectivity index (χ1) is 15.7. The number of hydrogen-bond acceptors (Lipinski definition) is 5. The summed E-state index contributed by atoms with van der Waals surface area (Å²) in [5.41, 5.74) is -3.23. The lowest BCUT2D eigenvalue weighted by molar-refractivity contribution is -0.137. The average Bonchev–Trinajstić information content (AvgIpc) is 3.47. The second-order valence-electron chi connectivity index (χ2n) is 7.17. The van der Waals surface area contributed by atoms with Gasteiger partial charge in [-0.25, -0.2) is 14.2 Å². The molecule has 2 N–H and O–H groups in total. The minimum atomic E-state index is -4.71. The summed E-state index contributed by atoms with van der Waals surface area (Å²) in [6.07, 6.45) is -4.71. The molecule has 168 valence electrons. The second-order valence-corrected chi connectivity index (χ2v) is 8.94. The fourth-order valence-electron chi connectivity index (χ4n) is 3.83. The van der Waals surface area contributed by atoms with Gasteiger partial charge in [-0.2, -0.15) is 13.2 Å². The number of carboxylic acids is 1. The zero-order chi connectivity index (χ0) is 23.5. The Morgan fingerprint density at radius 3 is 2.58 bits per heavy atom. The number of nitrogens with one attached hydrogen (secondary N) is 1. The minimum absolute atomic E-state index is 0.0362. The van der Waals surface area contributed by atoms with Crippen molar-refractivity contribution in [2.24, 2.45) is 0 Å². The molecular weight excluding hydrogens is 479 g/mol. The number of thiophene rings is 2. The summed E-state index contributed by atoms with van der Waals surface area (Å²) in [7, 11) is 0. The van der Waals surface area contributed by atoms with Crippen molar-refractivity contribution < 1.29 is 23.1 Å². The van der Waals surface area contributed by atoms with Gasteiger partial charge in [-0.05, 0) is 29.6 Å². The number of rotatable bonds is 4. The van der Waals surface area contributed by atoms with Crippen LogP contribution in [0.2, 0.25) is 0 Å². The highest BCUT2D eigenvalue weighted by atomic mass is 32.1. The monoisotopic (exact) mass is 491 g/mol. The SMILES string of the molecule is O=C(O)c1c(-n2c(=O)[nH]c3cscc3c2=O)c2cc(C(F)(F)F)ccc2n1Cc1cccs1. The van der Waals surface area contributed by atoms with Crippen LogP contribution in [-0.2, 0) is 12.7 Å². The van der Waals surface area contributed by atoms with Gasteiger partial charge < -0.3 is 14.7 Å². The molecule has 0 radical (unpaired) electrons. The van der Waals surface area contributed by atoms with E-state index in [2.05, 4.69) is 4.98 Å². The number of hydrogen-bond donors (Lipinski definition) is 2. The molecule has 1 aromatic carbocycles. The van der Waals surface area contributed by atoms with E-state index in [0.717, 1.165) is 34.4 Å². The average molecular weight is 491 g/mol. The normalized spacial score (nSPS) is 12.1. The number of carbonyl (C=O) groups is 1. The van der Waals surface area contributed by atoms with E-state index in [1.807, 2.05) is 0 Å². The van der Waals surface area contributed by atoms with Crippen LogP contribution in [0.4, 0.5) is 13.2 Å². The maximum Gasteiger partial charge on any atom is 0.416 e. The van der Waals surface area contributed by atoms with Gasteiger partial charge in [0.15, 0.2) is 5.69 Å². The van der Waals surface area contributed by atoms with Crippen LogP contribution in [0.1, 0.15) is 20.9 Å². The quantitative estimate of drug-likeness (QED) is 0.386.